The first-order valence-corrected chi connectivity index (χ1v) is 8.45. The zero-order chi connectivity index (χ0) is 18.2. The van der Waals surface area contributed by atoms with Crippen LogP contribution in [0.15, 0.2) is 24.3 Å². The molecule has 2 atom stereocenters. The normalized spacial score (nSPS) is 22.5. The van der Waals surface area contributed by atoms with E-state index in [1.807, 2.05) is 24.3 Å². The first-order valence-electron chi connectivity index (χ1n) is 8.45. The van der Waals surface area contributed by atoms with Crippen LogP contribution in [0.25, 0.3) is 0 Å². The average Bonchev–Trinajstić information content (AvgIpc) is 2.97. The van der Waals surface area contributed by atoms with Crippen LogP contribution in [0.3, 0.4) is 0 Å². The first kappa shape index (κ1) is 18.0. The first-order chi connectivity index (χ1) is 11.7. The van der Waals surface area contributed by atoms with Gasteiger partial charge in [-0.3, -0.25) is 9.64 Å². The smallest absolute Gasteiger partial charge is 0.371 e. The second kappa shape index (κ2) is 6.50. The standard InChI is InChI=1S/C18H22F3N3O/c1-13(14(2)25-18(19,20)21)24-11-17(12-24)7-8-23(10-17)16-5-3-15(9-22)4-6-16/h3-6,13-14H,7-8,10-12H2,1-2H3/t13?,14-/m1/s1. The molecule has 2 fully saturated rings. The minimum absolute atomic E-state index is 0.153. The van der Waals surface area contributed by atoms with Gasteiger partial charge < -0.3 is 4.90 Å². The van der Waals surface area contributed by atoms with Crippen molar-refractivity contribution in [3.05, 3.63) is 29.8 Å². The molecule has 4 nitrogen and oxygen atoms in total. The molecule has 1 unspecified atom stereocenters. The summed E-state index contributed by atoms with van der Waals surface area (Å²) in [5, 5.41) is 8.87. The van der Waals surface area contributed by atoms with Gasteiger partial charge in [-0.15, -0.1) is 13.2 Å². The molecule has 2 aliphatic rings. The van der Waals surface area contributed by atoms with Crippen LogP contribution in [0.2, 0.25) is 0 Å². The van der Waals surface area contributed by atoms with Crippen LogP contribution < -0.4 is 4.90 Å². The predicted octanol–water partition coefficient (Wildman–Crippen LogP) is 3.38. The fraction of sp³-hybridized carbons (Fsp3) is 0.611. The van der Waals surface area contributed by atoms with Crippen LogP contribution in [0.5, 0.6) is 0 Å². The minimum Gasteiger partial charge on any atom is -0.371 e. The van der Waals surface area contributed by atoms with Gasteiger partial charge in [-0.1, -0.05) is 0 Å². The Morgan fingerprint density at radius 2 is 1.80 bits per heavy atom. The Hall–Kier alpha value is -1.78. The van der Waals surface area contributed by atoms with Gasteiger partial charge in [-0.2, -0.15) is 5.26 Å². The zero-order valence-electron chi connectivity index (χ0n) is 14.4. The van der Waals surface area contributed by atoms with Crippen molar-refractivity contribution in [2.45, 2.75) is 38.8 Å². The molecule has 2 heterocycles. The van der Waals surface area contributed by atoms with E-state index in [0.29, 0.717) is 5.56 Å². The van der Waals surface area contributed by atoms with Gasteiger partial charge in [0.1, 0.15) is 0 Å². The number of anilines is 1. The summed E-state index contributed by atoms with van der Waals surface area (Å²) in [5.74, 6) is 0. The van der Waals surface area contributed by atoms with Crippen LogP contribution in [-0.4, -0.2) is 49.6 Å². The highest BCUT2D eigenvalue weighted by Gasteiger charge is 2.50. The molecule has 136 valence electrons. The van der Waals surface area contributed by atoms with Crippen molar-refractivity contribution in [2.75, 3.05) is 31.1 Å². The number of alkyl halides is 3. The highest BCUT2D eigenvalue weighted by molar-refractivity contribution is 5.51. The number of hydrogen-bond acceptors (Lipinski definition) is 4. The summed E-state index contributed by atoms with van der Waals surface area (Å²) in [6.07, 6.45) is -4.44. The maximum absolute atomic E-state index is 12.4. The molecular weight excluding hydrogens is 331 g/mol. The van der Waals surface area contributed by atoms with Crippen LogP contribution >= 0.6 is 0 Å². The molecule has 2 saturated heterocycles. The molecule has 0 N–H and O–H groups in total. The molecular formula is C18H22F3N3O. The third-order valence-electron chi connectivity index (χ3n) is 5.45. The van der Waals surface area contributed by atoms with E-state index < -0.39 is 12.5 Å². The molecule has 0 amide bonds. The quantitative estimate of drug-likeness (QED) is 0.832. The summed E-state index contributed by atoms with van der Waals surface area (Å²) in [4.78, 5) is 4.36. The largest absolute Gasteiger partial charge is 0.522 e. The number of benzene rings is 1. The van der Waals surface area contributed by atoms with E-state index in [1.165, 1.54) is 6.92 Å². The van der Waals surface area contributed by atoms with Gasteiger partial charge in [0.05, 0.1) is 17.7 Å². The number of rotatable bonds is 4. The minimum atomic E-state index is -4.59. The Morgan fingerprint density at radius 3 is 2.36 bits per heavy atom. The predicted molar refractivity (Wildman–Crippen MR) is 88.1 cm³/mol. The molecule has 1 aromatic rings. The van der Waals surface area contributed by atoms with Crippen molar-refractivity contribution in [2.24, 2.45) is 5.41 Å². The van der Waals surface area contributed by atoms with E-state index in [4.69, 9.17) is 5.26 Å². The van der Waals surface area contributed by atoms with E-state index in [1.54, 1.807) is 6.92 Å². The SMILES string of the molecule is CC([C@@H](C)OC(F)(F)F)N1CC2(CCN(c3ccc(C#N)cc3)C2)C1. The van der Waals surface area contributed by atoms with Crippen molar-refractivity contribution < 1.29 is 17.9 Å². The number of hydrogen-bond donors (Lipinski definition) is 0. The van der Waals surface area contributed by atoms with Crippen molar-refractivity contribution in [1.82, 2.24) is 4.90 Å². The molecule has 3 rings (SSSR count). The maximum Gasteiger partial charge on any atom is 0.522 e. The van der Waals surface area contributed by atoms with Gasteiger partial charge in [0.15, 0.2) is 0 Å². The fourth-order valence-corrected chi connectivity index (χ4v) is 3.87. The molecule has 1 spiro atoms. The van der Waals surface area contributed by atoms with Gasteiger partial charge >= 0.3 is 6.36 Å². The van der Waals surface area contributed by atoms with E-state index in [2.05, 4.69) is 20.6 Å². The number of ether oxygens (including phenoxy) is 1. The summed E-state index contributed by atoms with van der Waals surface area (Å²) in [7, 11) is 0. The van der Waals surface area contributed by atoms with E-state index in [-0.39, 0.29) is 11.5 Å². The van der Waals surface area contributed by atoms with E-state index in [0.717, 1.165) is 38.3 Å². The average molecular weight is 353 g/mol. The Bertz CT molecular complexity index is 647. The molecule has 0 aromatic heterocycles. The fourth-order valence-electron chi connectivity index (χ4n) is 3.87. The lowest BCUT2D eigenvalue weighted by molar-refractivity contribution is -0.346. The van der Waals surface area contributed by atoms with Crippen molar-refractivity contribution in [3.8, 4) is 6.07 Å². The molecule has 0 saturated carbocycles. The van der Waals surface area contributed by atoms with Crippen LogP contribution in [0, 0.1) is 16.7 Å². The molecule has 0 aliphatic carbocycles. The Balaban J connectivity index is 1.54. The summed E-state index contributed by atoms with van der Waals surface area (Å²) in [5.41, 5.74) is 1.89. The van der Waals surface area contributed by atoms with Gasteiger partial charge in [0.25, 0.3) is 0 Å². The van der Waals surface area contributed by atoms with Crippen LogP contribution in [0.4, 0.5) is 18.9 Å². The number of nitrogens with zero attached hydrogens (tertiary/aromatic N) is 3. The lowest BCUT2D eigenvalue weighted by Crippen LogP contribution is -2.62. The number of halogens is 3. The third kappa shape index (κ3) is 3.91. The van der Waals surface area contributed by atoms with E-state index >= 15 is 0 Å². The van der Waals surface area contributed by atoms with E-state index in [9.17, 15) is 13.2 Å². The lowest BCUT2D eigenvalue weighted by atomic mass is 9.78. The van der Waals surface area contributed by atoms with Gasteiger partial charge in [-0.05, 0) is 44.5 Å². The second-order valence-corrected chi connectivity index (χ2v) is 7.24. The van der Waals surface area contributed by atoms with Crippen molar-refractivity contribution in [3.63, 3.8) is 0 Å². The highest BCUT2D eigenvalue weighted by Crippen LogP contribution is 2.42. The summed E-state index contributed by atoms with van der Waals surface area (Å²) in [6, 6.07) is 9.37. The Kier molecular flexibility index (Phi) is 4.69. The number of nitriles is 1. The molecule has 25 heavy (non-hydrogen) atoms. The van der Waals surface area contributed by atoms with Crippen molar-refractivity contribution in [1.29, 1.82) is 5.26 Å². The van der Waals surface area contributed by atoms with Gasteiger partial charge in [0.2, 0.25) is 0 Å². The second-order valence-electron chi connectivity index (χ2n) is 7.24. The highest BCUT2D eigenvalue weighted by atomic mass is 19.4. The molecule has 7 heteroatoms. The molecule has 1 aromatic carbocycles. The van der Waals surface area contributed by atoms with Crippen molar-refractivity contribution >= 4 is 5.69 Å². The molecule has 0 bridgehead atoms. The summed E-state index contributed by atoms with van der Waals surface area (Å²) in [6.45, 7) is 6.69. The lowest BCUT2D eigenvalue weighted by Gasteiger charge is -2.52. The molecule has 2 aliphatic heterocycles. The number of likely N-dealkylation sites (tertiary alicyclic amines) is 1. The van der Waals surface area contributed by atoms with Crippen LogP contribution in [0.1, 0.15) is 25.8 Å². The summed E-state index contributed by atoms with van der Waals surface area (Å²) < 4.78 is 41.3. The zero-order valence-corrected chi connectivity index (χ0v) is 14.4. The summed E-state index contributed by atoms with van der Waals surface area (Å²) >= 11 is 0. The van der Waals surface area contributed by atoms with Gasteiger partial charge in [-0.25, -0.2) is 0 Å². The molecule has 0 radical (unpaired) electrons. The van der Waals surface area contributed by atoms with Gasteiger partial charge in [0, 0.05) is 43.3 Å². The van der Waals surface area contributed by atoms with Crippen LogP contribution in [-0.2, 0) is 4.74 Å². The topological polar surface area (TPSA) is 39.5 Å². The Labute approximate surface area is 145 Å². The Morgan fingerprint density at radius 1 is 1.16 bits per heavy atom. The maximum atomic E-state index is 12.4. The monoisotopic (exact) mass is 353 g/mol. The third-order valence-corrected chi connectivity index (χ3v) is 5.45.